The molecule has 0 aliphatic rings. The lowest BCUT2D eigenvalue weighted by atomic mass is 10.0. The Bertz CT molecular complexity index is 144. The molecule has 12 heavy (non-hydrogen) atoms. The molecule has 0 saturated heterocycles. The van der Waals surface area contributed by atoms with Crippen LogP contribution in [0.2, 0.25) is 0 Å². The van der Waals surface area contributed by atoms with Gasteiger partial charge in [-0.3, -0.25) is 0 Å². The van der Waals surface area contributed by atoms with Gasteiger partial charge in [0.2, 0.25) is 0 Å². The van der Waals surface area contributed by atoms with E-state index in [0.717, 1.165) is 0 Å². The van der Waals surface area contributed by atoms with Gasteiger partial charge in [-0.15, -0.1) is 0 Å². The van der Waals surface area contributed by atoms with E-state index >= 15 is 0 Å². The summed E-state index contributed by atoms with van der Waals surface area (Å²) in [5.41, 5.74) is 10.4. The molecule has 7 N–H and O–H groups in total. The number of aldehydes is 1. The van der Waals surface area contributed by atoms with E-state index in [1.165, 1.54) is 0 Å². The highest BCUT2D eigenvalue weighted by Crippen LogP contribution is 1.98. The van der Waals surface area contributed by atoms with Crippen molar-refractivity contribution in [3.63, 3.8) is 0 Å². The highest BCUT2D eigenvalue weighted by atomic mass is 16.3. The number of hydrogen-bond donors (Lipinski definition) is 5. The maximum atomic E-state index is 10.1. The Morgan fingerprint density at radius 2 is 1.83 bits per heavy atom. The van der Waals surface area contributed by atoms with E-state index in [4.69, 9.17) is 26.8 Å². The minimum Gasteiger partial charge on any atom is -0.394 e. The van der Waals surface area contributed by atoms with E-state index in [1.54, 1.807) is 0 Å². The number of aliphatic hydroxyl groups excluding tert-OH is 3. The Hall–Kier alpha value is -0.530. The van der Waals surface area contributed by atoms with Crippen LogP contribution in [0.25, 0.3) is 0 Å². The Morgan fingerprint density at radius 1 is 1.33 bits per heavy atom. The molecule has 0 aromatic carbocycles. The highest BCUT2D eigenvalue weighted by Gasteiger charge is 2.27. The van der Waals surface area contributed by atoms with Crippen molar-refractivity contribution in [2.75, 3.05) is 6.61 Å². The summed E-state index contributed by atoms with van der Waals surface area (Å²) in [6.07, 6.45) is -2.29. The minimum atomic E-state index is -1.34. The Labute approximate surface area is 69.8 Å². The molecule has 0 aromatic heterocycles. The van der Waals surface area contributed by atoms with Gasteiger partial charge in [-0.25, -0.2) is 0 Å². The van der Waals surface area contributed by atoms with Crippen molar-refractivity contribution in [1.29, 1.82) is 0 Å². The molecule has 0 aromatic rings. The van der Waals surface area contributed by atoms with Crippen LogP contribution in [-0.4, -0.2) is 52.5 Å². The summed E-state index contributed by atoms with van der Waals surface area (Å²) in [5, 5.41) is 26.5. The van der Waals surface area contributed by atoms with E-state index in [9.17, 15) is 4.79 Å². The fraction of sp³-hybridized carbons (Fsp3) is 0.833. The summed E-state index contributed by atoms with van der Waals surface area (Å²) in [6, 6.07) is -2.25. The summed E-state index contributed by atoms with van der Waals surface area (Å²) < 4.78 is 0. The molecule has 0 aliphatic heterocycles. The van der Waals surface area contributed by atoms with Gasteiger partial charge in [0.1, 0.15) is 6.29 Å². The van der Waals surface area contributed by atoms with Crippen LogP contribution in [-0.2, 0) is 4.79 Å². The first-order valence-corrected chi connectivity index (χ1v) is 3.48. The summed E-state index contributed by atoms with van der Waals surface area (Å²) in [6.45, 7) is -0.580. The van der Waals surface area contributed by atoms with Crippen LogP contribution in [0.4, 0.5) is 0 Å². The Morgan fingerprint density at radius 3 is 2.17 bits per heavy atom. The zero-order chi connectivity index (χ0) is 9.72. The van der Waals surface area contributed by atoms with Crippen LogP contribution in [0.3, 0.4) is 0 Å². The molecule has 0 saturated carbocycles. The molecule has 0 rings (SSSR count). The van der Waals surface area contributed by atoms with Crippen molar-refractivity contribution in [3.05, 3.63) is 0 Å². The summed E-state index contributed by atoms with van der Waals surface area (Å²) >= 11 is 0. The summed E-state index contributed by atoms with van der Waals surface area (Å²) in [7, 11) is 0. The third-order valence-electron chi connectivity index (χ3n) is 1.58. The van der Waals surface area contributed by atoms with Gasteiger partial charge in [0.25, 0.3) is 0 Å². The second kappa shape index (κ2) is 5.18. The van der Waals surface area contributed by atoms with Gasteiger partial charge >= 0.3 is 0 Å². The van der Waals surface area contributed by atoms with Crippen molar-refractivity contribution >= 4 is 6.29 Å². The third kappa shape index (κ3) is 2.84. The van der Waals surface area contributed by atoms with Crippen LogP contribution >= 0.6 is 0 Å². The standard InChI is InChI=1S/C6H14N2O4/c7-3(1-9)6(12)5(8)4(11)2-10/h1,3-6,10-12H,2,7-8H2/t3-,4+,5+,6+/m0/s1. The molecule has 72 valence electrons. The van der Waals surface area contributed by atoms with Gasteiger partial charge in [-0.1, -0.05) is 0 Å². The molecule has 0 aliphatic carbocycles. The minimum absolute atomic E-state index is 0.328. The smallest absolute Gasteiger partial charge is 0.139 e. The van der Waals surface area contributed by atoms with E-state index in [1.807, 2.05) is 0 Å². The lowest BCUT2D eigenvalue weighted by molar-refractivity contribution is -0.112. The fourth-order valence-corrected chi connectivity index (χ4v) is 0.686. The molecule has 0 amide bonds. The quantitative estimate of drug-likeness (QED) is 0.278. The number of hydrogen-bond acceptors (Lipinski definition) is 6. The molecular formula is C6H14N2O4. The van der Waals surface area contributed by atoms with Crippen molar-refractivity contribution in [3.8, 4) is 0 Å². The maximum absolute atomic E-state index is 10.1. The number of rotatable bonds is 5. The molecule has 6 nitrogen and oxygen atoms in total. The highest BCUT2D eigenvalue weighted by molar-refractivity contribution is 5.58. The zero-order valence-electron chi connectivity index (χ0n) is 6.50. The van der Waals surface area contributed by atoms with Crippen molar-refractivity contribution in [2.45, 2.75) is 24.3 Å². The topological polar surface area (TPSA) is 130 Å². The summed E-state index contributed by atoms with van der Waals surface area (Å²) in [5.74, 6) is 0. The van der Waals surface area contributed by atoms with Gasteiger partial charge in [-0.05, 0) is 0 Å². The van der Waals surface area contributed by atoms with E-state index in [-0.39, 0.29) is 0 Å². The normalized spacial score (nSPS) is 21.1. The number of carbonyl (C=O) groups is 1. The molecule has 0 fully saturated rings. The molecule has 6 heteroatoms. The molecule has 0 bridgehead atoms. The van der Waals surface area contributed by atoms with E-state index in [2.05, 4.69) is 0 Å². The van der Waals surface area contributed by atoms with Crippen LogP contribution in [0, 0.1) is 0 Å². The molecule has 0 radical (unpaired) electrons. The van der Waals surface area contributed by atoms with Gasteiger partial charge in [0.15, 0.2) is 0 Å². The number of aliphatic hydroxyl groups is 3. The first-order chi connectivity index (χ1) is 5.54. The number of nitrogens with two attached hydrogens (primary N) is 2. The average Bonchev–Trinajstić information content (AvgIpc) is 2.12. The van der Waals surface area contributed by atoms with E-state index < -0.39 is 30.9 Å². The second-order valence-electron chi connectivity index (χ2n) is 2.53. The molecular weight excluding hydrogens is 164 g/mol. The third-order valence-corrected chi connectivity index (χ3v) is 1.58. The molecule has 0 spiro atoms. The van der Waals surface area contributed by atoms with Crippen LogP contribution in [0.1, 0.15) is 0 Å². The van der Waals surface area contributed by atoms with Gasteiger partial charge in [0.05, 0.1) is 30.9 Å². The average molecular weight is 178 g/mol. The second-order valence-corrected chi connectivity index (χ2v) is 2.53. The molecule has 0 unspecified atom stereocenters. The summed E-state index contributed by atoms with van der Waals surface area (Å²) in [4.78, 5) is 10.1. The van der Waals surface area contributed by atoms with Crippen LogP contribution in [0.5, 0.6) is 0 Å². The molecule has 4 atom stereocenters. The SMILES string of the molecule is N[C@@H]([C@H](O)[C@@H](N)C=O)[C@H](O)CO. The van der Waals surface area contributed by atoms with Gasteiger partial charge < -0.3 is 31.6 Å². The Kier molecular flexibility index (Phi) is 4.95. The van der Waals surface area contributed by atoms with Crippen molar-refractivity contribution < 1.29 is 20.1 Å². The first kappa shape index (κ1) is 11.5. The monoisotopic (exact) mass is 178 g/mol. The predicted molar refractivity (Wildman–Crippen MR) is 41.1 cm³/mol. The van der Waals surface area contributed by atoms with Crippen molar-refractivity contribution in [2.24, 2.45) is 11.5 Å². The zero-order valence-corrected chi connectivity index (χ0v) is 6.50. The lowest BCUT2D eigenvalue weighted by Gasteiger charge is -2.24. The molecule has 0 heterocycles. The fourth-order valence-electron chi connectivity index (χ4n) is 0.686. The van der Waals surface area contributed by atoms with Gasteiger partial charge in [0, 0.05) is 0 Å². The predicted octanol–water partition coefficient (Wildman–Crippen LogP) is -3.45. The lowest BCUT2D eigenvalue weighted by Crippen LogP contribution is -2.54. The van der Waals surface area contributed by atoms with Crippen molar-refractivity contribution in [1.82, 2.24) is 0 Å². The first-order valence-electron chi connectivity index (χ1n) is 3.48. The van der Waals surface area contributed by atoms with E-state index in [0.29, 0.717) is 6.29 Å². The van der Waals surface area contributed by atoms with Crippen LogP contribution < -0.4 is 11.5 Å². The maximum Gasteiger partial charge on any atom is 0.139 e. The van der Waals surface area contributed by atoms with Gasteiger partial charge in [-0.2, -0.15) is 0 Å². The number of carbonyl (C=O) groups excluding carboxylic acids is 1. The largest absolute Gasteiger partial charge is 0.394 e. The Balaban J connectivity index is 4.07. The van der Waals surface area contributed by atoms with Crippen LogP contribution in [0.15, 0.2) is 0 Å².